The minimum absolute atomic E-state index is 0.103. The number of nitrogens with one attached hydrogen (secondary N) is 3. The molecule has 2 unspecified atom stereocenters. The van der Waals surface area contributed by atoms with Crippen molar-refractivity contribution < 1.29 is 23.5 Å². The first kappa shape index (κ1) is 26.0. The van der Waals surface area contributed by atoms with Crippen LogP contribution in [0.3, 0.4) is 0 Å². The third-order valence-corrected chi connectivity index (χ3v) is 7.33. The Hall–Kier alpha value is -4.64. The minimum Gasteiger partial charge on any atom is -0.484 e. The molecule has 2 atom stereocenters. The molecule has 0 spiro atoms. The highest BCUT2D eigenvalue weighted by molar-refractivity contribution is 6.01. The summed E-state index contributed by atoms with van der Waals surface area (Å²) in [7, 11) is 1.57. The van der Waals surface area contributed by atoms with Crippen LogP contribution >= 0.6 is 0 Å². The topological polar surface area (TPSA) is 96.5 Å². The molecule has 0 saturated heterocycles. The Morgan fingerprint density at radius 1 is 1.08 bits per heavy atom. The zero-order chi connectivity index (χ0) is 27.7. The molecule has 7 nitrogen and oxygen atoms in total. The van der Waals surface area contributed by atoms with Gasteiger partial charge in [-0.05, 0) is 78.4 Å². The van der Waals surface area contributed by atoms with Gasteiger partial charge in [0.05, 0.1) is 6.54 Å². The largest absolute Gasteiger partial charge is 0.484 e. The summed E-state index contributed by atoms with van der Waals surface area (Å²) in [5.74, 6) is 1.08. The molecular formula is C31H28FN3O4. The average Bonchev–Trinajstić information content (AvgIpc) is 3.63. The number of likely N-dealkylation sites (N-methyl/N-ethyl adjacent to an activating group) is 1. The predicted octanol–water partition coefficient (Wildman–Crippen LogP) is 3.78. The summed E-state index contributed by atoms with van der Waals surface area (Å²) in [6, 6.07) is 16.9. The first-order chi connectivity index (χ1) is 18.8. The minimum atomic E-state index is -0.931. The number of fused-ring (bicyclic) bond motifs is 1. The first-order valence-electron chi connectivity index (χ1n) is 12.7. The Bertz CT molecular complexity index is 1510. The molecule has 3 N–H and O–H groups in total. The van der Waals surface area contributed by atoms with Gasteiger partial charge in [-0.2, -0.15) is 0 Å². The zero-order valence-corrected chi connectivity index (χ0v) is 21.6. The summed E-state index contributed by atoms with van der Waals surface area (Å²) in [5.41, 5.74) is 3.44. The summed E-state index contributed by atoms with van der Waals surface area (Å²) in [6.07, 6.45) is 5.73. The third kappa shape index (κ3) is 4.96. The molecule has 3 aromatic carbocycles. The zero-order valence-electron chi connectivity index (χ0n) is 21.6. The molecule has 0 bridgehead atoms. The fourth-order valence-corrected chi connectivity index (χ4v) is 4.98. The van der Waals surface area contributed by atoms with Crippen LogP contribution in [0.25, 0.3) is 11.1 Å². The normalized spacial score (nSPS) is 18.2. The number of rotatable bonds is 7. The molecule has 1 aliphatic carbocycles. The number of halogens is 1. The predicted molar refractivity (Wildman–Crippen MR) is 144 cm³/mol. The summed E-state index contributed by atoms with van der Waals surface area (Å²) in [6.45, 7) is 2.04. The van der Waals surface area contributed by atoms with Crippen molar-refractivity contribution in [2.75, 3.05) is 13.6 Å². The summed E-state index contributed by atoms with van der Waals surface area (Å²) < 4.78 is 19.7. The van der Waals surface area contributed by atoms with E-state index in [0.717, 1.165) is 16.7 Å². The molecular weight excluding hydrogens is 497 g/mol. The van der Waals surface area contributed by atoms with Crippen molar-refractivity contribution in [3.8, 4) is 29.2 Å². The third-order valence-electron chi connectivity index (χ3n) is 7.33. The van der Waals surface area contributed by atoms with E-state index in [1.54, 1.807) is 31.3 Å². The van der Waals surface area contributed by atoms with E-state index in [0.29, 0.717) is 35.3 Å². The monoisotopic (exact) mass is 525 g/mol. The Balaban J connectivity index is 1.44. The van der Waals surface area contributed by atoms with E-state index in [2.05, 4.69) is 21.9 Å². The van der Waals surface area contributed by atoms with E-state index in [4.69, 9.17) is 11.2 Å². The van der Waals surface area contributed by atoms with Crippen LogP contribution in [0.1, 0.15) is 51.9 Å². The SMILES string of the molecule is C#CCNC(=O)C1(NC(=O)c2ccc(C)c(-c3ccc4c(c3)C(C(=O)NC)C(c3ccc(F)cc3)O4)c2)CC1. The molecule has 1 fully saturated rings. The van der Waals surface area contributed by atoms with Gasteiger partial charge in [0, 0.05) is 18.2 Å². The van der Waals surface area contributed by atoms with Crippen LogP contribution in [-0.2, 0) is 9.59 Å². The van der Waals surface area contributed by atoms with Crippen molar-refractivity contribution in [1.82, 2.24) is 16.0 Å². The van der Waals surface area contributed by atoms with Gasteiger partial charge < -0.3 is 20.7 Å². The van der Waals surface area contributed by atoms with E-state index < -0.39 is 17.6 Å². The van der Waals surface area contributed by atoms with Gasteiger partial charge in [-0.15, -0.1) is 6.42 Å². The molecule has 0 aromatic heterocycles. The molecule has 198 valence electrons. The number of ether oxygens (including phenoxy) is 1. The summed E-state index contributed by atoms with van der Waals surface area (Å²) in [5, 5.41) is 8.23. The highest BCUT2D eigenvalue weighted by atomic mass is 19.1. The van der Waals surface area contributed by atoms with Crippen LogP contribution in [0.15, 0.2) is 60.7 Å². The molecule has 5 rings (SSSR count). The fraction of sp³-hybridized carbons (Fsp3) is 0.258. The van der Waals surface area contributed by atoms with Gasteiger partial charge in [-0.25, -0.2) is 4.39 Å². The van der Waals surface area contributed by atoms with Crippen molar-refractivity contribution in [1.29, 1.82) is 0 Å². The van der Waals surface area contributed by atoms with Gasteiger partial charge in [-0.3, -0.25) is 14.4 Å². The lowest BCUT2D eigenvalue weighted by Crippen LogP contribution is -2.49. The molecule has 3 amide bonds. The number of benzene rings is 3. The lowest BCUT2D eigenvalue weighted by Gasteiger charge is -2.18. The maximum Gasteiger partial charge on any atom is 0.252 e. The lowest BCUT2D eigenvalue weighted by molar-refractivity contribution is -0.124. The van der Waals surface area contributed by atoms with Crippen molar-refractivity contribution >= 4 is 17.7 Å². The molecule has 3 aromatic rings. The Labute approximate surface area is 226 Å². The van der Waals surface area contributed by atoms with E-state index in [-0.39, 0.29) is 30.1 Å². The maximum absolute atomic E-state index is 13.5. The lowest BCUT2D eigenvalue weighted by atomic mass is 9.88. The standard InChI is InChI=1S/C31H28FN3O4/c1-4-15-34-30(38)31(13-14-31)35-28(36)21-6-5-18(2)23(17-21)20-9-12-25-24(16-20)26(29(37)33-3)27(39-25)19-7-10-22(32)11-8-19/h1,5-12,16-17,26-27H,13-15H2,2-3H3,(H,33,37)(H,34,38)(H,35,36). The van der Waals surface area contributed by atoms with E-state index in [1.807, 2.05) is 31.2 Å². The molecule has 0 radical (unpaired) electrons. The Morgan fingerprint density at radius 3 is 2.49 bits per heavy atom. The maximum atomic E-state index is 13.5. The van der Waals surface area contributed by atoms with Crippen LogP contribution in [0.2, 0.25) is 0 Å². The average molecular weight is 526 g/mol. The smallest absolute Gasteiger partial charge is 0.252 e. The van der Waals surface area contributed by atoms with Crippen molar-refractivity contribution in [2.24, 2.45) is 0 Å². The quantitative estimate of drug-likeness (QED) is 0.409. The number of terminal acetylenes is 1. The van der Waals surface area contributed by atoms with Crippen LogP contribution in [-0.4, -0.2) is 36.9 Å². The number of carbonyl (C=O) groups excluding carboxylic acids is 3. The number of carbonyl (C=O) groups is 3. The number of hydrogen-bond acceptors (Lipinski definition) is 4. The van der Waals surface area contributed by atoms with Crippen LogP contribution < -0.4 is 20.7 Å². The number of amides is 3. The highest BCUT2D eigenvalue weighted by Crippen LogP contribution is 2.47. The van der Waals surface area contributed by atoms with Crippen molar-refractivity contribution in [3.05, 3.63) is 88.7 Å². The summed E-state index contributed by atoms with van der Waals surface area (Å²) >= 11 is 0. The second-order valence-corrected chi connectivity index (χ2v) is 9.89. The second kappa shape index (κ2) is 10.3. The second-order valence-electron chi connectivity index (χ2n) is 9.89. The van der Waals surface area contributed by atoms with Gasteiger partial charge in [-0.1, -0.05) is 30.2 Å². The van der Waals surface area contributed by atoms with E-state index in [9.17, 15) is 18.8 Å². The van der Waals surface area contributed by atoms with Gasteiger partial charge in [0.2, 0.25) is 11.8 Å². The van der Waals surface area contributed by atoms with Gasteiger partial charge in [0.1, 0.15) is 29.1 Å². The Morgan fingerprint density at radius 2 is 1.82 bits per heavy atom. The van der Waals surface area contributed by atoms with Crippen LogP contribution in [0.5, 0.6) is 5.75 Å². The fourth-order valence-electron chi connectivity index (χ4n) is 4.98. The molecule has 1 aliphatic heterocycles. The molecule has 39 heavy (non-hydrogen) atoms. The molecule has 8 heteroatoms. The van der Waals surface area contributed by atoms with Crippen molar-refractivity contribution in [2.45, 2.75) is 37.3 Å². The van der Waals surface area contributed by atoms with Crippen LogP contribution in [0, 0.1) is 25.1 Å². The Kier molecular flexibility index (Phi) is 6.83. The van der Waals surface area contributed by atoms with Gasteiger partial charge in [0.25, 0.3) is 5.91 Å². The number of hydrogen-bond donors (Lipinski definition) is 3. The van der Waals surface area contributed by atoms with Crippen LogP contribution in [0.4, 0.5) is 4.39 Å². The van der Waals surface area contributed by atoms with E-state index in [1.165, 1.54) is 12.1 Å². The first-order valence-corrected chi connectivity index (χ1v) is 12.7. The highest BCUT2D eigenvalue weighted by Gasteiger charge is 2.51. The molecule has 2 aliphatic rings. The van der Waals surface area contributed by atoms with E-state index >= 15 is 0 Å². The van der Waals surface area contributed by atoms with Gasteiger partial charge in [0.15, 0.2) is 0 Å². The molecule has 1 heterocycles. The number of aryl methyl sites for hydroxylation is 1. The van der Waals surface area contributed by atoms with Crippen molar-refractivity contribution in [3.63, 3.8) is 0 Å². The van der Waals surface area contributed by atoms with Gasteiger partial charge >= 0.3 is 0 Å². The molecule has 1 saturated carbocycles. The summed E-state index contributed by atoms with van der Waals surface area (Å²) in [4.78, 5) is 38.6.